The van der Waals surface area contributed by atoms with Gasteiger partial charge >= 0.3 is 0 Å². The summed E-state index contributed by atoms with van der Waals surface area (Å²) in [5.41, 5.74) is 4.89. The predicted octanol–water partition coefficient (Wildman–Crippen LogP) is 1.86. The molecule has 0 bridgehead atoms. The molecule has 0 rings (SSSR count). The quantitative estimate of drug-likeness (QED) is 0.415. The zero-order valence-electron chi connectivity index (χ0n) is 11.0. The van der Waals surface area contributed by atoms with Crippen molar-refractivity contribution in [2.75, 3.05) is 6.54 Å². The molecule has 0 aliphatic rings. The van der Waals surface area contributed by atoms with Crippen molar-refractivity contribution in [2.24, 2.45) is 10.7 Å². The summed E-state index contributed by atoms with van der Waals surface area (Å²) in [6.45, 7) is 10.3. The van der Waals surface area contributed by atoms with E-state index < -0.39 is 5.60 Å². The summed E-state index contributed by atoms with van der Waals surface area (Å²) in [5.74, 6) is 0.392. The molecule has 5 heteroatoms. The van der Waals surface area contributed by atoms with E-state index in [1.807, 2.05) is 34.6 Å². The second-order valence-electron chi connectivity index (χ2n) is 5.01. The van der Waals surface area contributed by atoms with Crippen LogP contribution in [-0.2, 0) is 0 Å². The summed E-state index contributed by atoms with van der Waals surface area (Å²) >= 11 is 0. The van der Waals surface area contributed by atoms with Crippen molar-refractivity contribution in [3.05, 3.63) is 0 Å². The Morgan fingerprint density at radius 2 is 1.69 bits per heavy atom. The van der Waals surface area contributed by atoms with Gasteiger partial charge in [0.25, 0.3) is 0 Å². The minimum absolute atomic E-state index is 0. The first-order chi connectivity index (χ1) is 6.72. The third-order valence-electron chi connectivity index (χ3n) is 2.36. The molecule has 98 valence electrons. The second-order valence-corrected chi connectivity index (χ2v) is 5.01. The van der Waals surface area contributed by atoms with Gasteiger partial charge in [0.2, 0.25) is 0 Å². The van der Waals surface area contributed by atoms with E-state index in [2.05, 4.69) is 10.3 Å². The predicted molar refractivity (Wildman–Crippen MR) is 80.3 cm³/mol. The van der Waals surface area contributed by atoms with E-state index in [0.717, 1.165) is 0 Å². The average Bonchev–Trinajstić information content (AvgIpc) is 2.12. The lowest BCUT2D eigenvalue weighted by Gasteiger charge is -2.25. The molecule has 0 saturated carbocycles. The second kappa shape index (κ2) is 7.32. The van der Waals surface area contributed by atoms with Crippen molar-refractivity contribution in [1.29, 1.82) is 0 Å². The fourth-order valence-corrected chi connectivity index (χ4v) is 1.13. The van der Waals surface area contributed by atoms with Crippen LogP contribution in [0, 0.1) is 0 Å². The number of aliphatic imine (C=N–C) groups is 1. The van der Waals surface area contributed by atoms with Crippen molar-refractivity contribution >= 4 is 29.9 Å². The fourth-order valence-electron chi connectivity index (χ4n) is 1.13. The molecule has 0 radical (unpaired) electrons. The Morgan fingerprint density at radius 3 is 2.00 bits per heavy atom. The molecule has 4 nitrogen and oxygen atoms in total. The summed E-state index contributed by atoms with van der Waals surface area (Å²) in [6, 6.07) is 0. The number of halogens is 1. The molecule has 0 aliphatic carbocycles. The van der Waals surface area contributed by atoms with E-state index in [1.165, 1.54) is 0 Å². The molecule has 0 aromatic carbocycles. The number of nitrogens with two attached hydrogens (primary N) is 1. The van der Waals surface area contributed by atoms with Crippen LogP contribution in [0.3, 0.4) is 0 Å². The number of hydrogen-bond donors (Lipinski definition) is 3. The highest BCUT2D eigenvalue weighted by molar-refractivity contribution is 14.0. The van der Waals surface area contributed by atoms with Gasteiger partial charge in [-0.05, 0) is 33.6 Å². The Hall–Kier alpha value is -0.0400. The zero-order chi connectivity index (χ0) is 12.1. The lowest BCUT2D eigenvalue weighted by atomic mass is 9.98. The van der Waals surface area contributed by atoms with Crippen molar-refractivity contribution in [3.63, 3.8) is 0 Å². The van der Waals surface area contributed by atoms with Gasteiger partial charge in [-0.25, -0.2) is 0 Å². The van der Waals surface area contributed by atoms with Crippen LogP contribution in [0.15, 0.2) is 4.99 Å². The van der Waals surface area contributed by atoms with Crippen molar-refractivity contribution in [2.45, 2.75) is 58.6 Å². The van der Waals surface area contributed by atoms with E-state index in [1.54, 1.807) is 0 Å². The van der Waals surface area contributed by atoms with Crippen LogP contribution in [-0.4, -0.2) is 28.8 Å². The smallest absolute Gasteiger partial charge is 0.189 e. The SMILES string of the molecule is CCC(O)(CC)CN=C(N)NC(C)(C)C.I. The summed E-state index contributed by atoms with van der Waals surface area (Å²) in [5, 5.41) is 13.0. The Morgan fingerprint density at radius 1 is 1.25 bits per heavy atom. The molecule has 0 atom stereocenters. The van der Waals surface area contributed by atoms with Crippen LogP contribution in [0.5, 0.6) is 0 Å². The third kappa shape index (κ3) is 8.15. The van der Waals surface area contributed by atoms with Crippen LogP contribution >= 0.6 is 24.0 Å². The van der Waals surface area contributed by atoms with Crippen LogP contribution in [0.25, 0.3) is 0 Å². The minimum atomic E-state index is -0.718. The maximum Gasteiger partial charge on any atom is 0.189 e. The van der Waals surface area contributed by atoms with Gasteiger partial charge in [-0.3, -0.25) is 4.99 Å². The van der Waals surface area contributed by atoms with Crippen LogP contribution in [0.2, 0.25) is 0 Å². The first kappa shape index (κ1) is 18.3. The molecule has 0 heterocycles. The summed E-state index contributed by atoms with van der Waals surface area (Å²) in [4.78, 5) is 4.16. The average molecular weight is 343 g/mol. The normalized spacial score (nSPS) is 13.2. The highest BCUT2D eigenvalue weighted by Crippen LogP contribution is 2.14. The van der Waals surface area contributed by atoms with Crippen molar-refractivity contribution < 1.29 is 5.11 Å². The lowest BCUT2D eigenvalue weighted by Crippen LogP contribution is -2.45. The molecule has 0 amide bonds. The molecule has 0 aromatic heterocycles. The maximum absolute atomic E-state index is 9.99. The summed E-state index contributed by atoms with van der Waals surface area (Å²) in [6.07, 6.45) is 1.38. The van der Waals surface area contributed by atoms with Gasteiger partial charge in [0, 0.05) is 5.54 Å². The number of aliphatic hydroxyl groups is 1. The van der Waals surface area contributed by atoms with Gasteiger partial charge < -0.3 is 16.2 Å². The van der Waals surface area contributed by atoms with Gasteiger partial charge in [0.05, 0.1) is 12.1 Å². The molecular weight excluding hydrogens is 317 g/mol. The monoisotopic (exact) mass is 343 g/mol. The standard InChI is InChI=1S/C11H25N3O.HI/c1-6-11(15,7-2)8-13-9(12)14-10(3,4)5;/h15H,6-8H2,1-5H3,(H3,12,13,14);1H. The summed E-state index contributed by atoms with van der Waals surface area (Å²) < 4.78 is 0. The minimum Gasteiger partial charge on any atom is -0.388 e. The molecule has 0 saturated heterocycles. The van der Waals surface area contributed by atoms with Gasteiger partial charge in [-0.1, -0.05) is 13.8 Å². The van der Waals surface area contributed by atoms with Crippen LogP contribution in [0.4, 0.5) is 0 Å². The molecular formula is C11H26IN3O. The Labute approximate surface area is 116 Å². The Balaban J connectivity index is 0. The van der Waals surface area contributed by atoms with E-state index in [-0.39, 0.29) is 29.5 Å². The molecule has 16 heavy (non-hydrogen) atoms. The number of rotatable bonds is 4. The maximum atomic E-state index is 9.99. The molecule has 0 fully saturated rings. The van der Waals surface area contributed by atoms with Crippen molar-refractivity contribution in [1.82, 2.24) is 5.32 Å². The van der Waals surface area contributed by atoms with E-state index >= 15 is 0 Å². The van der Waals surface area contributed by atoms with Crippen LogP contribution < -0.4 is 11.1 Å². The molecule has 0 spiro atoms. The van der Waals surface area contributed by atoms with Gasteiger partial charge in [0.15, 0.2) is 5.96 Å². The first-order valence-corrected chi connectivity index (χ1v) is 5.53. The number of nitrogens with zero attached hydrogens (tertiary/aromatic N) is 1. The van der Waals surface area contributed by atoms with Crippen LogP contribution in [0.1, 0.15) is 47.5 Å². The number of hydrogen-bond acceptors (Lipinski definition) is 2. The van der Waals surface area contributed by atoms with E-state index in [9.17, 15) is 5.11 Å². The number of guanidine groups is 1. The Kier molecular flexibility index (Phi) is 8.38. The zero-order valence-corrected chi connectivity index (χ0v) is 13.3. The topological polar surface area (TPSA) is 70.6 Å². The van der Waals surface area contributed by atoms with Gasteiger partial charge in [-0.15, -0.1) is 24.0 Å². The lowest BCUT2D eigenvalue weighted by molar-refractivity contribution is 0.0418. The molecule has 4 N–H and O–H groups in total. The highest BCUT2D eigenvalue weighted by atomic mass is 127. The number of nitrogens with one attached hydrogen (secondary N) is 1. The molecule has 0 aliphatic heterocycles. The van der Waals surface area contributed by atoms with Gasteiger partial charge in [0.1, 0.15) is 0 Å². The summed E-state index contributed by atoms with van der Waals surface area (Å²) in [7, 11) is 0. The first-order valence-electron chi connectivity index (χ1n) is 5.53. The van der Waals surface area contributed by atoms with E-state index in [4.69, 9.17) is 5.73 Å². The molecule has 0 unspecified atom stereocenters. The molecule has 0 aromatic rings. The van der Waals surface area contributed by atoms with E-state index in [0.29, 0.717) is 25.3 Å². The van der Waals surface area contributed by atoms with Gasteiger partial charge in [-0.2, -0.15) is 0 Å². The fraction of sp³-hybridized carbons (Fsp3) is 0.909. The Bertz CT molecular complexity index is 220. The van der Waals surface area contributed by atoms with Crippen molar-refractivity contribution in [3.8, 4) is 0 Å². The third-order valence-corrected chi connectivity index (χ3v) is 2.36. The largest absolute Gasteiger partial charge is 0.388 e. The highest BCUT2D eigenvalue weighted by Gasteiger charge is 2.21.